The average Bonchev–Trinajstić information content (AvgIpc) is 2.55. The first-order chi connectivity index (χ1) is 9.93. The van der Waals surface area contributed by atoms with E-state index >= 15 is 0 Å². The quantitative estimate of drug-likeness (QED) is 0.645. The van der Waals surface area contributed by atoms with Gasteiger partial charge in [0, 0.05) is 17.3 Å². The third kappa shape index (κ3) is 2.81. The molecule has 96 valence electrons. The van der Waals surface area contributed by atoms with Gasteiger partial charge in [-0.2, -0.15) is 0 Å². The van der Waals surface area contributed by atoms with E-state index < -0.39 is 0 Å². The van der Waals surface area contributed by atoms with Crippen molar-refractivity contribution in [1.29, 1.82) is 0 Å². The van der Waals surface area contributed by atoms with Gasteiger partial charge in [0.1, 0.15) is 0 Å². The zero-order chi connectivity index (χ0) is 13.6. The summed E-state index contributed by atoms with van der Waals surface area (Å²) in [5, 5.41) is 0. The minimum Gasteiger partial charge on any atom is -0.262 e. The van der Waals surface area contributed by atoms with Crippen LogP contribution in [0.15, 0.2) is 90.2 Å². The Morgan fingerprint density at radius 2 is 1.30 bits per heavy atom. The van der Waals surface area contributed by atoms with E-state index in [-0.39, 0.29) is 0 Å². The summed E-state index contributed by atoms with van der Waals surface area (Å²) in [5.41, 5.74) is 4.01. The number of benzene rings is 2. The first-order valence-corrected chi connectivity index (χ1v) is 6.53. The van der Waals surface area contributed by atoms with Gasteiger partial charge in [-0.05, 0) is 12.1 Å². The number of aromatic nitrogens is 1. The predicted octanol–water partition coefficient (Wildman–Crippen LogP) is 4.25. The summed E-state index contributed by atoms with van der Waals surface area (Å²) in [6.45, 7) is 0. The largest absolute Gasteiger partial charge is 0.262 e. The van der Waals surface area contributed by atoms with Crippen molar-refractivity contribution >= 4 is 11.4 Å². The van der Waals surface area contributed by atoms with Gasteiger partial charge in [-0.25, -0.2) is 4.99 Å². The smallest absolute Gasteiger partial charge is 0.0820 e. The molecule has 0 saturated heterocycles. The van der Waals surface area contributed by atoms with Crippen molar-refractivity contribution in [2.24, 2.45) is 4.99 Å². The average molecular weight is 258 g/mol. The van der Waals surface area contributed by atoms with E-state index in [1.165, 1.54) is 0 Å². The molecule has 0 aliphatic heterocycles. The Balaban J connectivity index is 2.12. The van der Waals surface area contributed by atoms with Crippen LogP contribution >= 0.6 is 0 Å². The Kier molecular flexibility index (Phi) is 3.65. The third-order valence-corrected chi connectivity index (χ3v) is 2.98. The van der Waals surface area contributed by atoms with Gasteiger partial charge >= 0.3 is 0 Å². The zero-order valence-corrected chi connectivity index (χ0v) is 11.0. The minimum absolute atomic E-state index is 0.857. The Labute approximate surface area is 118 Å². The maximum absolute atomic E-state index is 4.75. The molecule has 3 rings (SSSR count). The van der Waals surface area contributed by atoms with Crippen LogP contribution < -0.4 is 0 Å². The molecule has 0 aliphatic rings. The van der Waals surface area contributed by atoms with Crippen LogP contribution in [0.2, 0.25) is 0 Å². The first-order valence-electron chi connectivity index (χ1n) is 6.53. The van der Waals surface area contributed by atoms with Crippen LogP contribution in [0.5, 0.6) is 0 Å². The summed E-state index contributed by atoms with van der Waals surface area (Å²) in [5.74, 6) is 0. The second-order valence-corrected chi connectivity index (χ2v) is 4.40. The lowest BCUT2D eigenvalue weighted by molar-refractivity contribution is 1.30. The lowest BCUT2D eigenvalue weighted by Gasteiger charge is -2.07. The molecule has 0 unspecified atom stereocenters. The molecule has 0 aliphatic carbocycles. The van der Waals surface area contributed by atoms with Crippen LogP contribution in [0.4, 0.5) is 5.69 Å². The number of rotatable bonds is 3. The van der Waals surface area contributed by atoms with Crippen molar-refractivity contribution in [2.75, 3.05) is 0 Å². The molecule has 2 nitrogen and oxygen atoms in total. The van der Waals surface area contributed by atoms with Crippen LogP contribution in [0.25, 0.3) is 0 Å². The summed E-state index contributed by atoms with van der Waals surface area (Å²) in [7, 11) is 0. The maximum Gasteiger partial charge on any atom is 0.0820 e. The summed E-state index contributed by atoms with van der Waals surface area (Å²) in [4.78, 5) is 8.87. The van der Waals surface area contributed by atoms with Crippen LogP contribution in [-0.4, -0.2) is 10.7 Å². The number of hydrogen-bond donors (Lipinski definition) is 0. The van der Waals surface area contributed by atoms with E-state index in [9.17, 15) is 0 Å². The lowest BCUT2D eigenvalue weighted by Crippen LogP contribution is -2.02. The molecule has 2 aromatic carbocycles. The Morgan fingerprint density at radius 1 is 0.700 bits per heavy atom. The molecule has 0 spiro atoms. The molecule has 0 N–H and O–H groups in total. The Hall–Kier alpha value is -2.74. The van der Waals surface area contributed by atoms with Crippen molar-refractivity contribution in [3.63, 3.8) is 0 Å². The lowest BCUT2D eigenvalue weighted by atomic mass is 10.0. The molecule has 0 radical (unpaired) electrons. The fraction of sp³-hybridized carbons (Fsp3) is 0. The van der Waals surface area contributed by atoms with E-state index in [1.807, 2.05) is 48.5 Å². The van der Waals surface area contributed by atoms with E-state index in [0.29, 0.717) is 0 Å². The first kappa shape index (κ1) is 12.3. The molecule has 0 bridgehead atoms. The Bertz CT molecular complexity index is 648. The zero-order valence-electron chi connectivity index (χ0n) is 11.0. The molecule has 20 heavy (non-hydrogen) atoms. The molecule has 1 aromatic heterocycles. The predicted molar refractivity (Wildman–Crippen MR) is 82.4 cm³/mol. The monoisotopic (exact) mass is 258 g/mol. The van der Waals surface area contributed by atoms with Crippen LogP contribution in [0.3, 0.4) is 0 Å². The van der Waals surface area contributed by atoms with Crippen molar-refractivity contribution in [2.45, 2.75) is 0 Å². The molecule has 0 amide bonds. The fourth-order valence-electron chi connectivity index (χ4n) is 2.04. The highest BCUT2D eigenvalue weighted by Crippen LogP contribution is 2.16. The molecule has 0 fully saturated rings. The van der Waals surface area contributed by atoms with E-state index in [1.54, 1.807) is 12.4 Å². The number of aliphatic imine (C=N–C) groups is 1. The van der Waals surface area contributed by atoms with Gasteiger partial charge in [0.2, 0.25) is 0 Å². The minimum atomic E-state index is 0.857. The van der Waals surface area contributed by atoms with Gasteiger partial charge < -0.3 is 0 Å². The maximum atomic E-state index is 4.75. The third-order valence-electron chi connectivity index (χ3n) is 2.98. The van der Waals surface area contributed by atoms with Crippen molar-refractivity contribution in [3.05, 3.63) is 96.3 Å². The summed E-state index contributed by atoms with van der Waals surface area (Å²) < 4.78 is 0. The SMILES string of the molecule is c1ccc(C(=Nc2cccnc2)c2ccccc2)cc1. The van der Waals surface area contributed by atoms with Gasteiger partial charge in [-0.1, -0.05) is 60.7 Å². The van der Waals surface area contributed by atoms with Crippen LogP contribution in [0, 0.1) is 0 Å². The van der Waals surface area contributed by atoms with Crippen molar-refractivity contribution < 1.29 is 0 Å². The van der Waals surface area contributed by atoms with E-state index in [2.05, 4.69) is 29.2 Å². The van der Waals surface area contributed by atoms with Crippen LogP contribution in [0.1, 0.15) is 11.1 Å². The van der Waals surface area contributed by atoms with E-state index in [4.69, 9.17) is 4.99 Å². The molecular weight excluding hydrogens is 244 g/mol. The highest BCUT2D eigenvalue weighted by molar-refractivity contribution is 6.13. The molecular formula is C18H14N2. The highest BCUT2D eigenvalue weighted by Gasteiger charge is 2.06. The summed E-state index contributed by atoms with van der Waals surface area (Å²) in [6, 6.07) is 24.3. The summed E-state index contributed by atoms with van der Waals surface area (Å²) >= 11 is 0. The normalized spacial score (nSPS) is 10.0. The topological polar surface area (TPSA) is 25.2 Å². The molecule has 1 heterocycles. The Morgan fingerprint density at radius 3 is 1.80 bits per heavy atom. The van der Waals surface area contributed by atoms with Gasteiger partial charge in [-0.3, -0.25) is 4.98 Å². The van der Waals surface area contributed by atoms with Crippen LogP contribution in [-0.2, 0) is 0 Å². The molecule has 2 heteroatoms. The fourth-order valence-corrected chi connectivity index (χ4v) is 2.04. The van der Waals surface area contributed by atoms with E-state index in [0.717, 1.165) is 22.5 Å². The van der Waals surface area contributed by atoms with Gasteiger partial charge in [-0.15, -0.1) is 0 Å². The molecule has 0 atom stereocenters. The van der Waals surface area contributed by atoms with Gasteiger partial charge in [0.05, 0.1) is 17.6 Å². The second kappa shape index (κ2) is 5.93. The van der Waals surface area contributed by atoms with Crippen molar-refractivity contribution in [3.8, 4) is 0 Å². The van der Waals surface area contributed by atoms with Crippen molar-refractivity contribution in [1.82, 2.24) is 4.98 Å². The highest BCUT2D eigenvalue weighted by atomic mass is 14.8. The number of hydrogen-bond acceptors (Lipinski definition) is 2. The molecule has 0 saturated carbocycles. The standard InChI is InChI=1S/C18H14N2/c1-3-8-15(9-4-1)18(16-10-5-2-6-11-16)20-17-12-7-13-19-14-17/h1-14H. The second-order valence-electron chi connectivity index (χ2n) is 4.40. The summed E-state index contributed by atoms with van der Waals surface area (Å²) in [6.07, 6.45) is 3.52. The van der Waals surface area contributed by atoms with Gasteiger partial charge in [0.15, 0.2) is 0 Å². The molecule has 3 aromatic rings. The van der Waals surface area contributed by atoms with Gasteiger partial charge in [0.25, 0.3) is 0 Å². The number of pyridine rings is 1. The number of nitrogens with zero attached hydrogens (tertiary/aromatic N) is 2.